The number of amides is 2. The van der Waals surface area contributed by atoms with E-state index in [9.17, 15) is 24.9 Å². The van der Waals surface area contributed by atoms with Crippen LogP contribution < -0.4 is 10.6 Å². The number of hydrogen-bond acceptors (Lipinski definition) is 8. The summed E-state index contributed by atoms with van der Waals surface area (Å²) in [6.07, 6.45) is -8.01. The minimum Gasteiger partial charge on any atom is -0.445 e. The van der Waals surface area contributed by atoms with Crippen LogP contribution in [0, 0.1) is 0 Å². The molecule has 1 aromatic rings. The third-order valence-electron chi connectivity index (χ3n) is 3.80. The molecule has 1 fully saturated rings. The molecule has 5 atom stereocenters. The van der Waals surface area contributed by atoms with Gasteiger partial charge >= 0.3 is 6.09 Å². The van der Waals surface area contributed by atoms with Gasteiger partial charge in [0.1, 0.15) is 37.6 Å². The lowest BCUT2D eigenvalue weighted by molar-refractivity contribution is -0.235. The predicted octanol–water partition coefficient (Wildman–Crippen LogP) is -2.17. The number of ether oxygens (including phenoxy) is 2. The molecule has 6 N–H and O–H groups in total. The Hall–Kier alpha value is -2.24. The van der Waals surface area contributed by atoms with Gasteiger partial charge in [0.25, 0.3) is 0 Å². The summed E-state index contributed by atoms with van der Waals surface area (Å²) in [4.78, 5) is 23.4. The number of aliphatic hydroxyl groups is 4. The number of nitrogens with one attached hydrogen (secondary N) is 2. The Morgan fingerprint density at radius 2 is 1.77 bits per heavy atom. The SMILES string of the molecule is O=C(CNC(=O)OCc1ccccc1)N[C@@H]1O[C@H](CO)[C@@H](O)[C@H](O)[C@H]1O. The second-order valence-electron chi connectivity index (χ2n) is 5.73. The van der Waals surface area contributed by atoms with Gasteiger partial charge in [0, 0.05) is 0 Å². The quantitative estimate of drug-likeness (QED) is 0.330. The highest BCUT2D eigenvalue weighted by Gasteiger charge is 2.43. The van der Waals surface area contributed by atoms with E-state index in [1.54, 1.807) is 24.3 Å². The van der Waals surface area contributed by atoms with Gasteiger partial charge in [-0.3, -0.25) is 4.79 Å². The highest BCUT2D eigenvalue weighted by molar-refractivity contribution is 5.82. The van der Waals surface area contributed by atoms with Crippen molar-refractivity contribution in [2.45, 2.75) is 37.3 Å². The van der Waals surface area contributed by atoms with E-state index in [2.05, 4.69) is 10.6 Å². The molecule has 0 unspecified atom stereocenters. The van der Waals surface area contributed by atoms with E-state index in [-0.39, 0.29) is 6.61 Å². The zero-order valence-electron chi connectivity index (χ0n) is 13.8. The Balaban J connectivity index is 1.74. The van der Waals surface area contributed by atoms with E-state index in [1.165, 1.54) is 0 Å². The maximum atomic E-state index is 11.8. The van der Waals surface area contributed by atoms with Gasteiger partial charge in [-0.2, -0.15) is 0 Å². The molecule has 1 heterocycles. The van der Waals surface area contributed by atoms with Crippen molar-refractivity contribution in [1.82, 2.24) is 10.6 Å². The largest absolute Gasteiger partial charge is 0.445 e. The Morgan fingerprint density at radius 1 is 1.08 bits per heavy atom. The Labute approximate surface area is 149 Å². The van der Waals surface area contributed by atoms with E-state index in [4.69, 9.17) is 14.6 Å². The fourth-order valence-electron chi connectivity index (χ4n) is 2.36. The minimum atomic E-state index is -1.60. The first-order valence-corrected chi connectivity index (χ1v) is 7.96. The number of alkyl carbamates (subject to hydrolysis) is 1. The summed E-state index contributed by atoms with van der Waals surface area (Å²) < 4.78 is 10.1. The summed E-state index contributed by atoms with van der Waals surface area (Å²) in [5.41, 5.74) is 0.786. The van der Waals surface area contributed by atoms with Crippen LogP contribution in [0.4, 0.5) is 4.79 Å². The lowest BCUT2D eigenvalue weighted by Gasteiger charge is -2.40. The molecule has 2 rings (SSSR count). The number of carbonyl (C=O) groups is 2. The molecular formula is C16H22N2O8. The summed E-state index contributed by atoms with van der Waals surface area (Å²) in [7, 11) is 0. The zero-order chi connectivity index (χ0) is 19.1. The summed E-state index contributed by atoms with van der Waals surface area (Å²) in [6.45, 7) is -1.02. The molecule has 10 nitrogen and oxygen atoms in total. The molecule has 1 aromatic carbocycles. The van der Waals surface area contributed by atoms with Gasteiger partial charge in [0.05, 0.1) is 6.61 Å². The highest BCUT2D eigenvalue weighted by Crippen LogP contribution is 2.19. The first-order chi connectivity index (χ1) is 12.4. The monoisotopic (exact) mass is 370 g/mol. The van der Waals surface area contributed by atoms with Crippen molar-refractivity contribution in [1.29, 1.82) is 0 Å². The fourth-order valence-corrected chi connectivity index (χ4v) is 2.36. The van der Waals surface area contributed by atoms with Crippen molar-refractivity contribution >= 4 is 12.0 Å². The number of benzene rings is 1. The number of carbonyl (C=O) groups excluding carboxylic acids is 2. The normalized spacial score (nSPS) is 28.2. The Morgan fingerprint density at radius 3 is 2.42 bits per heavy atom. The lowest BCUT2D eigenvalue weighted by atomic mass is 9.98. The predicted molar refractivity (Wildman–Crippen MR) is 86.5 cm³/mol. The Kier molecular flexibility index (Phi) is 7.30. The van der Waals surface area contributed by atoms with Gasteiger partial charge in [0.2, 0.25) is 5.91 Å². The van der Waals surface area contributed by atoms with Crippen molar-refractivity contribution in [3.05, 3.63) is 35.9 Å². The van der Waals surface area contributed by atoms with Crippen LogP contribution in [0.5, 0.6) is 0 Å². The molecule has 10 heteroatoms. The second-order valence-corrected chi connectivity index (χ2v) is 5.73. The van der Waals surface area contributed by atoms with Crippen LogP contribution >= 0.6 is 0 Å². The third kappa shape index (κ3) is 5.38. The second kappa shape index (κ2) is 9.46. The lowest BCUT2D eigenvalue weighted by Crippen LogP contribution is -2.63. The molecule has 0 saturated carbocycles. The van der Waals surface area contributed by atoms with Crippen LogP contribution in [0.2, 0.25) is 0 Å². The van der Waals surface area contributed by atoms with Crippen LogP contribution in [0.3, 0.4) is 0 Å². The first-order valence-electron chi connectivity index (χ1n) is 7.96. The number of hydrogen-bond donors (Lipinski definition) is 6. The molecular weight excluding hydrogens is 348 g/mol. The maximum absolute atomic E-state index is 11.8. The van der Waals surface area contributed by atoms with E-state index in [1.807, 2.05) is 6.07 Å². The van der Waals surface area contributed by atoms with E-state index < -0.39 is 55.8 Å². The van der Waals surface area contributed by atoms with Gasteiger partial charge in [0.15, 0.2) is 6.23 Å². The van der Waals surface area contributed by atoms with Gasteiger partial charge in [-0.15, -0.1) is 0 Å². The van der Waals surface area contributed by atoms with Crippen molar-refractivity contribution in [3.8, 4) is 0 Å². The topological polar surface area (TPSA) is 158 Å². The molecule has 1 aliphatic heterocycles. The molecule has 26 heavy (non-hydrogen) atoms. The van der Waals surface area contributed by atoms with Gasteiger partial charge in [-0.25, -0.2) is 4.79 Å². The third-order valence-corrected chi connectivity index (χ3v) is 3.80. The van der Waals surface area contributed by atoms with Gasteiger partial charge in [-0.1, -0.05) is 30.3 Å². The molecule has 1 saturated heterocycles. The summed E-state index contributed by atoms with van der Waals surface area (Å²) in [6, 6.07) is 8.97. The van der Waals surface area contributed by atoms with Crippen LogP contribution in [0.25, 0.3) is 0 Å². The molecule has 0 radical (unpaired) electrons. The number of rotatable bonds is 6. The first kappa shape index (κ1) is 20.1. The van der Waals surface area contributed by atoms with Crippen LogP contribution in [-0.4, -0.2) is 76.2 Å². The van der Waals surface area contributed by atoms with Crippen molar-refractivity contribution < 1.29 is 39.5 Å². The van der Waals surface area contributed by atoms with E-state index in [0.29, 0.717) is 0 Å². The van der Waals surface area contributed by atoms with Crippen LogP contribution in [0.1, 0.15) is 5.56 Å². The molecule has 0 aliphatic carbocycles. The van der Waals surface area contributed by atoms with Crippen LogP contribution in [-0.2, 0) is 20.9 Å². The standard InChI is InChI=1S/C16H22N2O8/c19-7-10-12(21)13(22)14(23)15(26-10)18-11(20)6-17-16(24)25-8-9-4-2-1-3-5-9/h1-5,10,12-15,19,21-23H,6-8H2,(H,17,24)(H,18,20)/t10-,12-,13+,14-,15-/m1/s1. The average molecular weight is 370 g/mol. The summed E-state index contributed by atoms with van der Waals surface area (Å²) in [5.74, 6) is -0.717. The van der Waals surface area contributed by atoms with Crippen LogP contribution in [0.15, 0.2) is 30.3 Å². The minimum absolute atomic E-state index is 0.0427. The smallest absolute Gasteiger partial charge is 0.407 e. The average Bonchev–Trinajstić information content (AvgIpc) is 2.66. The van der Waals surface area contributed by atoms with Crippen molar-refractivity contribution in [2.24, 2.45) is 0 Å². The molecule has 144 valence electrons. The van der Waals surface area contributed by atoms with Gasteiger partial charge < -0.3 is 40.5 Å². The molecule has 0 aromatic heterocycles. The number of aliphatic hydroxyl groups excluding tert-OH is 4. The fraction of sp³-hybridized carbons (Fsp3) is 0.500. The molecule has 0 spiro atoms. The maximum Gasteiger partial charge on any atom is 0.407 e. The van der Waals surface area contributed by atoms with E-state index >= 15 is 0 Å². The van der Waals surface area contributed by atoms with Crippen molar-refractivity contribution in [3.63, 3.8) is 0 Å². The van der Waals surface area contributed by atoms with Gasteiger partial charge in [-0.05, 0) is 5.56 Å². The molecule has 2 amide bonds. The molecule has 0 bridgehead atoms. The van der Waals surface area contributed by atoms with E-state index in [0.717, 1.165) is 5.56 Å². The summed E-state index contributed by atoms with van der Waals surface area (Å²) >= 11 is 0. The zero-order valence-corrected chi connectivity index (χ0v) is 13.8. The summed E-state index contributed by atoms with van der Waals surface area (Å²) in [5, 5.41) is 42.7. The molecule has 1 aliphatic rings. The Bertz CT molecular complexity index is 597. The van der Waals surface area contributed by atoms with Crippen molar-refractivity contribution in [2.75, 3.05) is 13.2 Å². The highest BCUT2D eigenvalue weighted by atomic mass is 16.6.